The van der Waals surface area contributed by atoms with Crippen LogP contribution in [0.1, 0.15) is 53.7 Å². The zero-order valence-electron chi connectivity index (χ0n) is 18.5. The Kier molecular flexibility index (Phi) is 7.69. The number of thiophene rings is 2. The molecule has 2 saturated heterocycles. The highest BCUT2D eigenvalue weighted by atomic mass is 32.2. The molecule has 2 aromatic rings. The molecule has 0 aliphatic carbocycles. The van der Waals surface area contributed by atoms with Gasteiger partial charge in [0.15, 0.2) is 0 Å². The lowest BCUT2D eigenvalue weighted by Gasteiger charge is -2.37. The molecule has 0 spiro atoms. The Labute approximate surface area is 198 Å². The second-order valence-electron chi connectivity index (χ2n) is 8.47. The molecule has 2 fully saturated rings. The number of nitrogens with one attached hydrogen (secondary N) is 1. The molecule has 0 unspecified atom stereocenters. The Balaban J connectivity index is 1.51. The van der Waals surface area contributed by atoms with Crippen LogP contribution in [0, 0.1) is 0 Å². The fourth-order valence-electron chi connectivity index (χ4n) is 4.70. The second kappa shape index (κ2) is 10.3. The SMILES string of the molecule is C[C@@H]1CCC[C@H](C)N1S(=O)(=O)c1ccsc1C(=O)NC[C@H](c1cccs1)N1CCOCC1. The van der Waals surface area contributed by atoms with E-state index in [0.29, 0.717) is 19.8 Å². The first-order valence-electron chi connectivity index (χ1n) is 11.1. The average molecular weight is 498 g/mol. The molecule has 0 radical (unpaired) electrons. The minimum Gasteiger partial charge on any atom is -0.379 e. The number of hydrogen-bond acceptors (Lipinski definition) is 7. The van der Waals surface area contributed by atoms with Gasteiger partial charge >= 0.3 is 0 Å². The van der Waals surface area contributed by atoms with Crippen LogP contribution in [0.5, 0.6) is 0 Å². The minimum atomic E-state index is -3.74. The van der Waals surface area contributed by atoms with E-state index in [0.717, 1.165) is 32.4 Å². The lowest BCUT2D eigenvalue weighted by molar-refractivity contribution is 0.0169. The van der Waals surface area contributed by atoms with Gasteiger partial charge in [0.05, 0.1) is 19.3 Å². The molecule has 0 saturated carbocycles. The highest BCUT2D eigenvalue weighted by Crippen LogP contribution is 2.33. The zero-order chi connectivity index (χ0) is 22.7. The van der Waals surface area contributed by atoms with Gasteiger partial charge in [-0.25, -0.2) is 8.42 Å². The summed E-state index contributed by atoms with van der Waals surface area (Å²) in [4.78, 5) is 17.0. The van der Waals surface area contributed by atoms with Crippen LogP contribution in [0.4, 0.5) is 0 Å². The van der Waals surface area contributed by atoms with Crippen molar-refractivity contribution < 1.29 is 17.9 Å². The van der Waals surface area contributed by atoms with Crippen molar-refractivity contribution in [2.45, 2.75) is 56.1 Å². The van der Waals surface area contributed by atoms with E-state index in [1.807, 2.05) is 25.3 Å². The summed E-state index contributed by atoms with van der Waals surface area (Å²) in [6.45, 7) is 7.29. The van der Waals surface area contributed by atoms with E-state index in [4.69, 9.17) is 4.74 Å². The van der Waals surface area contributed by atoms with Gasteiger partial charge in [-0.05, 0) is 49.6 Å². The molecule has 0 bridgehead atoms. The summed E-state index contributed by atoms with van der Waals surface area (Å²) in [7, 11) is -3.74. The van der Waals surface area contributed by atoms with Gasteiger partial charge in [-0.2, -0.15) is 4.31 Å². The summed E-state index contributed by atoms with van der Waals surface area (Å²) in [5.41, 5.74) is 0. The smallest absolute Gasteiger partial charge is 0.262 e. The number of nitrogens with zero attached hydrogens (tertiary/aromatic N) is 2. The summed E-state index contributed by atoms with van der Waals surface area (Å²) in [6.07, 6.45) is 2.71. The molecule has 1 N–H and O–H groups in total. The Hall–Kier alpha value is -1.30. The number of ether oxygens (including phenoxy) is 1. The number of sulfonamides is 1. The molecule has 10 heteroatoms. The van der Waals surface area contributed by atoms with Gasteiger partial charge in [-0.3, -0.25) is 9.69 Å². The molecule has 2 aliphatic rings. The van der Waals surface area contributed by atoms with Crippen molar-refractivity contribution in [1.82, 2.24) is 14.5 Å². The number of piperidine rings is 1. The van der Waals surface area contributed by atoms with Gasteiger partial charge in [0.1, 0.15) is 9.77 Å². The van der Waals surface area contributed by atoms with Crippen molar-refractivity contribution in [3.05, 3.63) is 38.7 Å². The average Bonchev–Trinajstić information content (AvgIpc) is 3.47. The first-order chi connectivity index (χ1) is 15.4. The monoisotopic (exact) mass is 497 g/mol. The number of carbonyl (C=O) groups is 1. The van der Waals surface area contributed by atoms with Crippen LogP contribution in [-0.4, -0.2) is 68.5 Å². The maximum absolute atomic E-state index is 13.5. The summed E-state index contributed by atoms with van der Waals surface area (Å²) < 4.78 is 34.1. The summed E-state index contributed by atoms with van der Waals surface area (Å²) in [5.74, 6) is -0.328. The van der Waals surface area contributed by atoms with Gasteiger partial charge in [-0.15, -0.1) is 22.7 Å². The maximum Gasteiger partial charge on any atom is 0.262 e. The third-order valence-corrected chi connectivity index (χ3v) is 10.5. The third-order valence-electron chi connectivity index (χ3n) is 6.32. The van der Waals surface area contributed by atoms with Crippen LogP contribution in [-0.2, 0) is 14.8 Å². The Morgan fingerprint density at radius 3 is 2.53 bits per heavy atom. The fraction of sp³-hybridized carbons (Fsp3) is 0.591. The van der Waals surface area contributed by atoms with Crippen LogP contribution in [0.25, 0.3) is 0 Å². The van der Waals surface area contributed by atoms with Crippen molar-refractivity contribution in [3.63, 3.8) is 0 Å². The minimum absolute atomic E-state index is 0.0463. The van der Waals surface area contributed by atoms with Crippen LogP contribution < -0.4 is 5.32 Å². The van der Waals surface area contributed by atoms with Gasteiger partial charge in [0.2, 0.25) is 10.0 Å². The first kappa shape index (κ1) is 23.8. The Bertz CT molecular complexity index is 990. The highest BCUT2D eigenvalue weighted by molar-refractivity contribution is 7.89. The van der Waals surface area contributed by atoms with E-state index in [2.05, 4.69) is 16.3 Å². The number of amides is 1. The molecule has 32 heavy (non-hydrogen) atoms. The van der Waals surface area contributed by atoms with Crippen molar-refractivity contribution in [1.29, 1.82) is 0 Å². The molecular formula is C22H31N3O4S3. The van der Waals surface area contributed by atoms with Gasteiger partial charge in [0.25, 0.3) is 5.91 Å². The fourth-order valence-corrected chi connectivity index (χ4v) is 8.76. The summed E-state index contributed by atoms with van der Waals surface area (Å²) in [6, 6.07) is 5.58. The topological polar surface area (TPSA) is 79.0 Å². The molecular weight excluding hydrogens is 466 g/mol. The van der Waals surface area contributed by atoms with Crippen molar-refractivity contribution in [3.8, 4) is 0 Å². The van der Waals surface area contributed by atoms with E-state index in [9.17, 15) is 13.2 Å². The molecule has 4 heterocycles. The Morgan fingerprint density at radius 1 is 1.16 bits per heavy atom. The van der Waals surface area contributed by atoms with Crippen molar-refractivity contribution >= 4 is 38.6 Å². The first-order valence-corrected chi connectivity index (χ1v) is 14.3. The van der Waals surface area contributed by atoms with Gasteiger partial charge < -0.3 is 10.1 Å². The molecule has 2 aromatic heterocycles. The molecule has 1 amide bonds. The van der Waals surface area contributed by atoms with E-state index in [1.165, 1.54) is 16.2 Å². The van der Waals surface area contributed by atoms with E-state index in [-0.39, 0.29) is 33.8 Å². The van der Waals surface area contributed by atoms with Gasteiger partial charge in [0, 0.05) is 36.6 Å². The molecule has 2 aliphatic heterocycles. The van der Waals surface area contributed by atoms with Crippen LogP contribution >= 0.6 is 22.7 Å². The van der Waals surface area contributed by atoms with Gasteiger partial charge in [-0.1, -0.05) is 12.5 Å². The second-order valence-corrected chi connectivity index (χ2v) is 12.2. The lowest BCUT2D eigenvalue weighted by Crippen LogP contribution is -2.47. The zero-order valence-corrected chi connectivity index (χ0v) is 21.0. The largest absolute Gasteiger partial charge is 0.379 e. The standard InChI is InChI=1S/C22H31N3O4S3/c1-16-5-3-6-17(2)25(16)32(27,28)20-8-14-31-21(20)22(26)23-15-18(19-7-4-13-30-19)24-9-11-29-12-10-24/h4,7-8,13-14,16-18H,3,5-6,9-12,15H2,1-2H3,(H,23,26)/t16-,17+,18-/m1/s1. The number of rotatable bonds is 7. The Morgan fingerprint density at radius 2 is 1.88 bits per heavy atom. The normalized spacial score (nSPS) is 24.3. The molecule has 0 aromatic carbocycles. The maximum atomic E-state index is 13.5. The predicted molar refractivity (Wildman–Crippen MR) is 128 cm³/mol. The van der Waals surface area contributed by atoms with Crippen molar-refractivity contribution in [2.24, 2.45) is 0 Å². The summed E-state index contributed by atoms with van der Waals surface area (Å²) in [5, 5.41) is 6.75. The van der Waals surface area contributed by atoms with Crippen LogP contribution in [0.3, 0.4) is 0 Å². The summed E-state index contributed by atoms with van der Waals surface area (Å²) >= 11 is 2.85. The van der Waals surface area contributed by atoms with Crippen LogP contribution in [0.2, 0.25) is 0 Å². The highest BCUT2D eigenvalue weighted by Gasteiger charge is 2.38. The number of carbonyl (C=O) groups excluding carboxylic acids is 1. The molecule has 7 nitrogen and oxygen atoms in total. The molecule has 176 valence electrons. The predicted octanol–water partition coefficient (Wildman–Crippen LogP) is 3.56. The number of hydrogen-bond donors (Lipinski definition) is 1. The van der Waals surface area contributed by atoms with Crippen molar-refractivity contribution in [2.75, 3.05) is 32.8 Å². The number of morpholine rings is 1. The third kappa shape index (κ3) is 4.95. The molecule has 3 atom stereocenters. The van der Waals surface area contributed by atoms with E-state index in [1.54, 1.807) is 27.1 Å². The van der Waals surface area contributed by atoms with E-state index < -0.39 is 10.0 Å². The van der Waals surface area contributed by atoms with E-state index >= 15 is 0 Å². The lowest BCUT2D eigenvalue weighted by atomic mass is 10.0. The van der Waals surface area contributed by atoms with Crippen LogP contribution in [0.15, 0.2) is 33.9 Å². The quantitative estimate of drug-likeness (QED) is 0.633. The molecule has 4 rings (SSSR count).